The Labute approximate surface area is 148 Å². The van der Waals surface area contributed by atoms with E-state index in [0.717, 1.165) is 11.3 Å². The number of aliphatic hydroxyl groups excluding tert-OH is 1. The third kappa shape index (κ3) is 5.47. The second kappa shape index (κ2) is 9.03. The van der Waals surface area contributed by atoms with E-state index in [1.54, 1.807) is 6.20 Å². The minimum absolute atomic E-state index is 0. The zero-order chi connectivity index (χ0) is 15.9. The van der Waals surface area contributed by atoms with Gasteiger partial charge in [0.1, 0.15) is 0 Å². The molecule has 0 atom stereocenters. The van der Waals surface area contributed by atoms with Gasteiger partial charge in [-0.05, 0) is 19.9 Å². The van der Waals surface area contributed by atoms with E-state index in [-0.39, 0.29) is 31.6 Å². The number of carbonyl (C=O) groups excluding carboxylic acids is 1. The minimum Gasteiger partial charge on any atom is -0.512 e. The van der Waals surface area contributed by atoms with Crippen LogP contribution >= 0.6 is 0 Å². The molecule has 5 heteroatoms. The van der Waals surface area contributed by atoms with Crippen molar-refractivity contribution in [3.63, 3.8) is 0 Å². The van der Waals surface area contributed by atoms with Crippen LogP contribution in [0.2, 0.25) is 0 Å². The first-order chi connectivity index (χ1) is 10.6. The molecular formula is C18H17IrN2O2-. The number of ketones is 1. The molecule has 0 spiro atoms. The van der Waals surface area contributed by atoms with Gasteiger partial charge >= 0.3 is 0 Å². The number of para-hydroxylation sites is 1. The second-order valence-corrected chi connectivity index (χ2v) is 4.75. The Morgan fingerprint density at radius 2 is 1.87 bits per heavy atom. The molecule has 1 aromatic carbocycles. The maximum absolute atomic E-state index is 10.0. The van der Waals surface area contributed by atoms with Gasteiger partial charge in [0.05, 0.1) is 11.6 Å². The zero-order valence-electron chi connectivity index (χ0n) is 12.9. The van der Waals surface area contributed by atoms with Crippen LogP contribution in [0.3, 0.4) is 0 Å². The van der Waals surface area contributed by atoms with Gasteiger partial charge in [-0.25, -0.2) is 0 Å². The quantitative estimate of drug-likeness (QED) is 0.341. The van der Waals surface area contributed by atoms with Gasteiger partial charge < -0.3 is 9.67 Å². The number of pyridine rings is 1. The molecule has 0 fully saturated rings. The van der Waals surface area contributed by atoms with Crippen molar-refractivity contribution in [3.05, 3.63) is 72.8 Å². The number of aromatic nitrogens is 2. The van der Waals surface area contributed by atoms with Gasteiger partial charge in [-0.1, -0.05) is 42.0 Å². The summed E-state index contributed by atoms with van der Waals surface area (Å²) in [4.78, 5) is 14.3. The molecule has 3 rings (SSSR count). The van der Waals surface area contributed by atoms with Gasteiger partial charge in [0.2, 0.25) is 0 Å². The van der Waals surface area contributed by atoms with Gasteiger partial charge in [-0.15, -0.1) is 17.5 Å². The van der Waals surface area contributed by atoms with E-state index in [2.05, 4.69) is 23.3 Å². The molecule has 3 aromatic rings. The average molecular weight is 486 g/mol. The number of hydrogen-bond acceptors (Lipinski definition) is 3. The summed E-state index contributed by atoms with van der Waals surface area (Å²) >= 11 is 0. The van der Waals surface area contributed by atoms with Crippen molar-refractivity contribution < 1.29 is 30.0 Å². The Kier molecular flexibility index (Phi) is 7.39. The molecule has 0 amide bonds. The van der Waals surface area contributed by atoms with E-state index in [0.29, 0.717) is 0 Å². The van der Waals surface area contributed by atoms with Crippen molar-refractivity contribution in [1.82, 2.24) is 9.55 Å². The first-order valence-corrected chi connectivity index (χ1v) is 6.85. The average Bonchev–Trinajstić information content (AvgIpc) is 2.91. The minimum atomic E-state index is -0.125. The van der Waals surface area contributed by atoms with Crippen LogP contribution in [0.1, 0.15) is 13.8 Å². The van der Waals surface area contributed by atoms with Crippen LogP contribution in [0.4, 0.5) is 0 Å². The molecule has 4 nitrogen and oxygen atoms in total. The van der Waals surface area contributed by atoms with E-state index in [1.807, 2.05) is 41.0 Å². The molecule has 0 bridgehead atoms. The molecular weight excluding hydrogens is 468 g/mol. The summed E-state index contributed by atoms with van der Waals surface area (Å²) < 4.78 is 1.97. The van der Waals surface area contributed by atoms with Crippen molar-refractivity contribution in [2.45, 2.75) is 13.8 Å². The number of hydrogen-bond donors (Lipinski definition) is 1. The van der Waals surface area contributed by atoms with E-state index in [9.17, 15) is 4.79 Å². The van der Waals surface area contributed by atoms with Crippen LogP contribution < -0.4 is 0 Å². The standard InChI is InChI=1S/C13H9N2.C5H8O2.Ir/c1-2-6-12-11(5-1)8-10-15(12)13-7-3-4-9-14-13;1-4(6)3-5(2)7;/h1-9H;3,6H,1-2H3;/q-1;;/b;4-3-;. The molecule has 0 saturated heterocycles. The molecule has 2 aromatic heterocycles. The topological polar surface area (TPSA) is 55.1 Å². The predicted molar refractivity (Wildman–Crippen MR) is 87.0 cm³/mol. The number of allylic oxidation sites excluding steroid dienone is 2. The van der Waals surface area contributed by atoms with E-state index >= 15 is 0 Å². The van der Waals surface area contributed by atoms with E-state index < -0.39 is 0 Å². The molecule has 1 N–H and O–H groups in total. The van der Waals surface area contributed by atoms with Crippen LogP contribution in [0.25, 0.3) is 16.7 Å². The normalized spacial score (nSPS) is 10.4. The van der Waals surface area contributed by atoms with Crippen LogP contribution in [-0.4, -0.2) is 20.4 Å². The molecule has 1 radical (unpaired) electrons. The van der Waals surface area contributed by atoms with Gasteiger partial charge in [0.25, 0.3) is 0 Å². The number of rotatable bonds is 2. The molecule has 0 aliphatic carbocycles. The summed E-state index contributed by atoms with van der Waals surface area (Å²) in [5.74, 6) is 0.839. The molecule has 0 saturated carbocycles. The van der Waals surface area contributed by atoms with Crippen LogP contribution in [0.15, 0.2) is 66.6 Å². The third-order valence-corrected chi connectivity index (χ3v) is 2.82. The van der Waals surface area contributed by atoms with Crippen LogP contribution in [0.5, 0.6) is 0 Å². The predicted octanol–water partition coefficient (Wildman–Crippen LogP) is 3.86. The smallest absolute Gasteiger partial charge is 0.155 e. The largest absolute Gasteiger partial charge is 0.512 e. The molecule has 121 valence electrons. The SMILES string of the molecule is CC(=O)/C=C(/C)O.[Ir].[c-]1cc2ccccc2n1-c1ccccn1. The molecule has 0 aliphatic rings. The number of carbonyl (C=O) groups is 1. The van der Waals surface area contributed by atoms with Gasteiger partial charge in [0.15, 0.2) is 5.78 Å². The summed E-state index contributed by atoms with van der Waals surface area (Å²) in [6, 6.07) is 16.0. The fourth-order valence-corrected chi connectivity index (χ4v) is 1.99. The van der Waals surface area contributed by atoms with Crippen molar-refractivity contribution in [2.24, 2.45) is 0 Å². The third-order valence-electron chi connectivity index (χ3n) is 2.82. The summed E-state index contributed by atoms with van der Waals surface area (Å²) in [5, 5.41) is 9.55. The summed E-state index contributed by atoms with van der Waals surface area (Å²) in [5.41, 5.74) is 1.14. The van der Waals surface area contributed by atoms with E-state index in [1.165, 1.54) is 25.3 Å². The van der Waals surface area contributed by atoms with Crippen molar-refractivity contribution in [2.75, 3.05) is 0 Å². The number of fused-ring (bicyclic) bond motifs is 1. The van der Waals surface area contributed by atoms with Crippen molar-refractivity contribution >= 4 is 16.7 Å². The molecule has 2 heterocycles. The van der Waals surface area contributed by atoms with Crippen molar-refractivity contribution in [3.8, 4) is 5.82 Å². The Bertz CT molecular complexity index is 791. The maximum atomic E-state index is 10.0. The van der Waals surface area contributed by atoms with Gasteiger partial charge in [-0.2, -0.15) is 0 Å². The van der Waals surface area contributed by atoms with Gasteiger partial charge in [0, 0.05) is 32.4 Å². The zero-order valence-corrected chi connectivity index (χ0v) is 15.3. The maximum Gasteiger partial charge on any atom is 0.155 e. The van der Waals surface area contributed by atoms with E-state index in [4.69, 9.17) is 5.11 Å². The second-order valence-electron chi connectivity index (χ2n) is 4.75. The fraction of sp³-hybridized carbons (Fsp3) is 0.111. The van der Waals surface area contributed by atoms with Crippen molar-refractivity contribution in [1.29, 1.82) is 0 Å². The number of aliphatic hydroxyl groups is 1. The fourth-order valence-electron chi connectivity index (χ4n) is 1.99. The molecule has 0 unspecified atom stereocenters. The Morgan fingerprint density at radius 3 is 2.43 bits per heavy atom. The first kappa shape index (κ1) is 18.8. The van der Waals surface area contributed by atoms with Crippen LogP contribution in [0, 0.1) is 6.20 Å². The Hall–Kier alpha value is -2.23. The number of benzene rings is 1. The van der Waals surface area contributed by atoms with Crippen LogP contribution in [-0.2, 0) is 24.9 Å². The number of nitrogens with zero attached hydrogens (tertiary/aromatic N) is 2. The molecule has 0 aliphatic heterocycles. The Balaban J connectivity index is 0.000000287. The summed E-state index contributed by atoms with van der Waals surface area (Å²) in [6.45, 7) is 2.85. The summed E-state index contributed by atoms with van der Waals surface area (Å²) in [6.07, 6.45) is 6.14. The monoisotopic (exact) mass is 486 g/mol. The first-order valence-electron chi connectivity index (χ1n) is 6.85. The Morgan fingerprint density at radius 1 is 1.17 bits per heavy atom. The van der Waals surface area contributed by atoms with Gasteiger partial charge in [-0.3, -0.25) is 9.78 Å². The summed E-state index contributed by atoms with van der Waals surface area (Å²) in [7, 11) is 0. The molecule has 23 heavy (non-hydrogen) atoms.